The van der Waals surface area contributed by atoms with Crippen LogP contribution in [0.1, 0.15) is 18.7 Å². The van der Waals surface area contributed by atoms with E-state index >= 15 is 0 Å². The summed E-state index contributed by atoms with van der Waals surface area (Å²) < 4.78 is 2.00. The Kier molecular flexibility index (Phi) is 4.91. The van der Waals surface area contributed by atoms with Gasteiger partial charge in [-0.15, -0.1) is 24.8 Å². The molecule has 2 N–H and O–H groups in total. The molecule has 0 aliphatic rings. The first-order valence-electron chi connectivity index (χ1n) is 3.96. The number of hydrogen-bond donors (Lipinski definition) is 1. The van der Waals surface area contributed by atoms with Crippen molar-refractivity contribution in [1.29, 1.82) is 0 Å². The van der Waals surface area contributed by atoms with Gasteiger partial charge in [0, 0.05) is 12.2 Å². The fraction of sp³-hybridized carbons (Fsp3) is 0.222. The third kappa shape index (κ3) is 2.18. The standard InChI is InChI=1S/C9H11N3.2ClH/c1-7(10)8-6-11-9-4-2-3-5-12(8)9;;/h2-7H,10H2,1H3;2*1H/t7-;;/m0../s1. The fourth-order valence-corrected chi connectivity index (χ4v) is 1.29. The molecule has 0 unspecified atom stereocenters. The van der Waals surface area contributed by atoms with Crippen molar-refractivity contribution in [3.8, 4) is 0 Å². The monoisotopic (exact) mass is 233 g/mol. The lowest BCUT2D eigenvalue weighted by Crippen LogP contribution is -2.07. The molecule has 3 nitrogen and oxygen atoms in total. The first-order chi connectivity index (χ1) is 5.79. The molecule has 0 aliphatic heterocycles. The summed E-state index contributed by atoms with van der Waals surface area (Å²) in [5.74, 6) is 0. The van der Waals surface area contributed by atoms with Gasteiger partial charge in [0.15, 0.2) is 0 Å². The van der Waals surface area contributed by atoms with Gasteiger partial charge in [0.25, 0.3) is 0 Å². The largest absolute Gasteiger partial charge is 0.323 e. The highest BCUT2D eigenvalue weighted by molar-refractivity contribution is 5.85. The molecule has 0 fully saturated rings. The summed E-state index contributed by atoms with van der Waals surface area (Å²) in [6.07, 6.45) is 3.79. The molecule has 2 aromatic rings. The highest BCUT2D eigenvalue weighted by Gasteiger charge is 2.04. The maximum Gasteiger partial charge on any atom is 0.136 e. The zero-order chi connectivity index (χ0) is 8.55. The van der Waals surface area contributed by atoms with E-state index in [1.54, 1.807) is 0 Å². The van der Waals surface area contributed by atoms with E-state index in [9.17, 15) is 0 Å². The smallest absolute Gasteiger partial charge is 0.136 e. The second-order valence-electron chi connectivity index (χ2n) is 2.90. The minimum Gasteiger partial charge on any atom is -0.323 e. The molecule has 2 aromatic heterocycles. The Bertz CT molecular complexity index is 398. The normalized spacial score (nSPS) is 11.6. The molecule has 0 aromatic carbocycles. The third-order valence-electron chi connectivity index (χ3n) is 1.91. The summed E-state index contributed by atoms with van der Waals surface area (Å²) in [4.78, 5) is 4.22. The zero-order valence-electron chi connectivity index (χ0n) is 7.75. The van der Waals surface area contributed by atoms with Gasteiger partial charge in [-0.25, -0.2) is 4.98 Å². The predicted octanol–water partition coefficient (Wildman–Crippen LogP) is 2.20. The summed E-state index contributed by atoms with van der Waals surface area (Å²) in [5.41, 5.74) is 7.76. The van der Waals surface area contributed by atoms with E-state index in [-0.39, 0.29) is 30.9 Å². The van der Waals surface area contributed by atoms with Gasteiger partial charge in [-0.05, 0) is 19.1 Å². The van der Waals surface area contributed by atoms with E-state index in [2.05, 4.69) is 4.98 Å². The molecule has 5 heteroatoms. The zero-order valence-corrected chi connectivity index (χ0v) is 9.39. The first-order valence-corrected chi connectivity index (χ1v) is 3.96. The van der Waals surface area contributed by atoms with Crippen LogP contribution in [0.15, 0.2) is 30.6 Å². The molecule has 0 bridgehead atoms. The molecule has 0 amide bonds. The molecule has 0 spiro atoms. The maximum absolute atomic E-state index is 5.76. The van der Waals surface area contributed by atoms with Gasteiger partial charge in [-0.2, -0.15) is 0 Å². The van der Waals surface area contributed by atoms with Gasteiger partial charge in [0.05, 0.1) is 11.9 Å². The SMILES string of the molecule is C[C@H](N)c1cnc2ccccn12.Cl.Cl. The minimum atomic E-state index is 0. The lowest BCUT2D eigenvalue weighted by molar-refractivity contribution is 0.769. The number of halogens is 2. The van der Waals surface area contributed by atoms with Crippen molar-refractivity contribution in [3.05, 3.63) is 36.3 Å². The van der Waals surface area contributed by atoms with Crippen molar-refractivity contribution in [2.45, 2.75) is 13.0 Å². The van der Waals surface area contributed by atoms with Gasteiger partial charge in [-0.3, -0.25) is 0 Å². The van der Waals surface area contributed by atoms with E-state index in [1.165, 1.54) is 0 Å². The summed E-state index contributed by atoms with van der Waals surface area (Å²) in [7, 11) is 0. The molecular formula is C9H13Cl2N3. The van der Waals surface area contributed by atoms with Crippen LogP contribution in [-0.4, -0.2) is 9.38 Å². The van der Waals surface area contributed by atoms with Crippen LogP contribution in [0.4, 0.5) is 0 Å². The highest BCUT2D eigenvalue weighted by Crippen LogP contribution is 2.11. The lowest BCUT2D eigenvalue weighted by atomic mass is 10.3. The van der Waals surface area contributed by atoms with Crippen LogP contribution in [-0.2, 0) is 0 Å². The van der Waals surface area contributed by atoms with Crippen molar-refractivity contribution in [2.75, 3.05) is 0 Å². The van der Waals surface area contributed by atoms with E-state index in [0.717, 1.165) is 11.3 Å². The molecule has 0 radical (unpaired) electrons. The van der Waals surface area contributed by atoms with Crippen LogP contribution in [0.5, 0.6) is 0 Å². The van der Waals surface area contributed by atoms with Crippen LogP contribution >= 0.6 is 24.8 Å². The second kappa shape index (κ2) is 5.20. The lowest BCUT2D eigenvalue weighted by Gasteiger charge is -2.03. The first kappa shape index (κ1) is 13.2. The van der Waals surface area contributed by atoms with Crippen molar-refractivity contribution < 1.29 is 0 Å². The molecule has 0 saturated carbocycles. The number of pyridine rings is 1. The van der Waals surface area contributed by atoms with Gasteiger partial charge >= 0.3 is 0 Å². The van der Waals surface area contributed by atoms with E-state index < -0.39 is 0 Å². The van der Waals surface area contributed by atoms with Gasteiger partial charge in [0.1, 0.15) is 5.65 Å². The number of rotatable bonds is 1. The quantitative estimate of drug-likeness (QED) is 0.821. The second-order valence-corrected chi connectivity index (χ2v) is 2.90. The molecule has 14 heavy (non-hydrogen) atoms. The number of aromatic nitrogens is 2. The molecule has 0 saturated heterocycles. The number of imidazole rings is 1. The summed E-state index contributed by atoms with van der Waals surface area (Å²) in [6, 6.07) is 5.93. The molecule has 78 valence electrons. The third-order valence-corrected chi connectivity index (χ3v) is 1.91. The molecular weight excluding hydrogens is 221 g/mol. The molecule has 2 rings (SSSR count). The maximum atomic E-state index is 5.76. The summed E-state index contributed by atoms with van der Waals surface area (Å²) >= 11 is 0. The van der Waals surface area contributed by atoms with Gasteiger partial charge in [0.2, 0.25) is 0 Å². The van der Waals surface area contributed by atoms with Crippen LogP contribution in [0, 0.1) is 0 Å². The van der Waals surface area contributed by atoms with Crippen LogP contribution in [0.2, 0.25) is 0 Å². The van der Waals surface area contributed by atoms with E-state index in [4.69, 9.17) is 5.73 Å². The van der Waals surface area contributed by atoms with E-state index in [0.29, 0.717) is 0 Å². The Hall–Kier alpha value is -0.770. The van der Waals surface area contributed by atoms with Gasteiger partial charge in [-0.1, -0.05) is 6.07 Å². The Balaban J connectivity index is 0.000000845. The topological polar surface area (TPSA) is 43.3 Å². The Morgan fingerprint density at radius 3 is 2.71 bits per heavy atom. The molecule has 2 heterocycles. The van der Waals surface area contributed by atoms with Crippen LogP contribution < -0.4 is 5.73 Å². The van der Waals surface area contributed by atoms with Crippen molar-refractivity contribution in [1.82, 2.24) is 9.38 Å². The average molecular weight is 234 g/mol. The number of fused-ring (bicyclic) bond motifs is 1. The van der Waals surface area contributed by atoms with Crippen molar-refractivity contribution in [3.63, 3.8) is 0 Å². The Morgan fingerprint density at radius 2 is 2.07 bits per heavy atom. The number of hydrogen-bond acceptors (Lipinski definition) is 2. The van der Waals surface area contributed by atoms with Crippen molar-refractivity contribution in [2.24, 2.45) is 5.73 Å². The van der Waals surface area contributed by atoms with Gasteiger partial charge < -0.3 is 10.1 Å². The Labute approximate surface area is 95.1 Å². The summed E-state index contributed by atoms with van der Waals surface area (Å²) in [6.45, 7) is 1.95. The van der Waals surface area contributed by atoms with Crippen LogP contribution in [0.25, 0.3) is 5.65 Å². The number of nitrogens with two attached hydrogens (primary N) is 1. The molecule has 0 aliphatic carbocycles. The fourth-order valence-electron chi connectivity index (χ4n) is 1.29. The number of nitrogens with zero attached hydrogens (tertiary/aromatic N) is 2. The average Bonchev–Trinajstić information content (AvgIpc) is 2.47. The molecule has 1 atom stereocenters. The van der Waals surface area contributed by atoms with Crippen LogP contribution in [0.3, 0.4) is 0 Å². The summed E-state index contributed by atoms with van der Waals surface area (Å²) in [5, 5.41) is 0. The van der Waals surface area contributed by atoms with E-state index in [1.807, 2.05) is 41.9 Å². The van der Waals surface area contributed by atoms with Crippen molar-refractivity contribution >= 4 is 30.5 Å². The Morgan fingerprint density at radius 1 is 1.36 bits per heavy atom. The minimum absolute atomic E-state index is 0. The highest BCUT2D eigenvalue weighted by atomic mass is 35.5. The predicted molar refractivity (Wildman–Crippen MR) is 62.3 cm³/mol.